The summed E-state index contributed by atoms with van der Waals surface area (Å²) in [5, 5.41) is 7.60. The van der Waals surface area contributed by atoms with Gasteiger partial charge in [0.2, 0.25) is 0 Å². The molecular weight excluding hydrogens is 701 g/mol. The van der Waals surface area contributed by atoms with Gasteiger partial charge in [-0.3, -0.25) is 0 Å². The van der Waals surface area contributed by atoms with Crippen molar-refractivity contribution in [2.75, 3.05) is 0 Å². The molecule has 1 aromatic heterocycles. The Morgan fingerprint density at radius 3 is 2.21 bits per heavy atom. The zero-order valence-corrected chi connectivity index (χ0v) is 32.9. The molecule has 6 aromatic rings. The maximum Gasteiger partial charge on any atom is 0.0459 e. The van der Waals surface area contributed by atoms with Gasteiger partial charge in [0.05, 0.1) is 0 Å². The van der Waals surface area contributed by atoms with Crippen LogP contribution in [0.15, 0.2) is 222 Å². The number of H-pyrrole nitrogens is 1. The Hall–Kier alpha value is -6.64. The van der Waals surface area contributed by atoms with E-state index in [1.165, 1.54) is 90.4 Å². The van der Waals surface area contributed by atoms with Crippen LogP contribution < -0.4 is 5.32 Å². The molecule has 2 nitrogen and oxygen atoms in total. The number of fused-ring (bicyclic) bond motifs is 4. The van der Waals surface area contributed by atoms with E-state index in [1.807, 2.05) is 6.20 Å². The molecule has 282 valence electrons. The van der Waals surface area contributed by atoms with E-state index in [0.717, 1.165) is 31.2 Å². The van der Waals surface area contributed by atoms with Gasteiger partial charge in [0.15, 0.2) is 0 Å². The van der Waals surface area contributed by atoms with Crippen molar-refractivity contribution >= 4 is 33.3 Å². The summed E-state index contributed by atoms with van der Waals surface area (Å²) >= 11 is 0. The second kappa shape index (κ2) is 16.1. The predicted molar refractivity (Wildman–Crippen MR) is 245 cm³/mol. The van der Waals surface area contributed by atoms with Gasteiger partial charge < -0.3 is 10.3 Å². The van der Waals surface area contributed by atoms with E-state index >= 15 is 0 Å². The highest BCUT2D eigenvalue weighted by Gasteiger charge is 2.37. The van der Waals surface area contributed by atoms with Crippen molar-refractivity contribution in [2.45, 2.75) is 44.4 Å². The molecule has 2 heteroatoms. The topological polar surface area (TPSA) is 27.8 Å². The number of nitrogens with one attached hydrogen (secondary N) is 2. The molecule has 2 unspecified atom stereocenters. The first kappa shape index (κ1) is 35.8. The van der Waals surface area contributed by atoms with Crippen molar-refractivity contribution in [1.29, 1.82) is 0 Å². The lowest BCUT2D eigenvalue weighted by Gasteiger charge is -2.28. The van der Waals surface area contributed by atoms with Crippen LogP contribution in [0.5, 0.6) is 0 Å². The second-order valence-corrected chi connectivity index (χ2v) is 16.0. The van der Waals surface area contributed by atoms with E-state index in [4.69, 9.17) is 0 Å². The summed E-state index contributed by atoms with van der Waals surface area (Å²) in [7, 11) is 0. The average Bonchev–Trinajstić information content (AvgIpc) is 3.76. The van der Waals surface area contributed by atoms with Crippen LogP contribution in [-0.4, -0.2) is 4.98 Å². The van der Waals surface area contributed by atoms with Crippen molar-refractivity contribution in [3.8, 4) is 11.1 Å². The van der Waals surface area contributed by atoms with E-state index in [-0.39, 0.29) is 11.8 Å². The van der Waals surface area contributed by atoms with Crippen LogP contribution in [0, 0.1) is 5.92 Å². The second-order valence-electron chi connectivity index (χ2n) is 16.0. The molecule has 0 aliphatic heterocycles. The summed E-state index contributed by atoms with van der Waals surface area (Å²) in [4.78, 5) is 3.48. The van der Waals surface area contributed by atoms with Gasteiger partial charge in [-0.25, -0.2) is 0 Å². The average molecular weight is 749 g/mol. The summed E-state index contributed by atoms with van der Waals surface area (Å²) < 4.78 is 0. The number of aromatic nitrogens is 1. The zero-order valence-electron chi connectivity index (χ0n) is 32.9. The lowest BCUT2D eigenvalue weighted by Crippen LogP contribution is -2.12. The molecule has 58 heavy (non-hydrogen) atoms. The summed E-state index contributed by atoms with van der Waals surface area (Å²) in [6.07, 6.45) is 25.3. The van der Waals surface area contributed by atoms with E-state index in [2.05, 4.69) is 199 Å². The smallest absolute Gasteiger partial charge is 0.0459 e. The van der Waals surface area contributed by atoms with Crippen LogP contribution in [0.4, 0.5) is 0 Å². The fourth-order valence-electron chi connectivity index (χ4n) is 9.60. The minimum atomic E-state index is 0.206. The first-order chi connectivity index (χ1) is 28.8. The largest absolute Gasteiger partial charge is 0.364 e. The fraction of sp³-hybridized carbons (Fsp3) is 0.143. The Morgan fingerprint density at radius 1 is 0.603 bits per heavy atom. The molecule has 1 heterocycles. The molecule has 4 aliphatic rings. The van der Waals surface area contributed by atoms with Gasteiger partial charge in [0, 0.05) is 40.8 Å². The monoisotopic (exact) mass is 748 g/mol. The highest BCUT2D eigenvalue weighted by molar-refractivity contribution is 6.05. The van der Waals surface area contributed by atoms with Gasteiger partial charge in [-0.2, -0.15) is 0 Å². The van der Waals surface area contributed by atoms with Gasteiger partial charge in [-0.1, -0.05) is 163 Å². The SMILES string of the molecule is C1=CC2C(=C1)C(c1ccccc1)C1=C(CCCC1)C(=C/NC1=CC=C(c3ccc4cccc[nH]c5ccccc5c4c3)CC1)/C2=C\c1ccc(-c2ccccc2)cc1. The molecule has 4 aliphatic carbocycles. The van der Waals surface area contributed by atoms with Gasteiger partial charge in [0.1, 0.15) is 0 Å². The first-order valence-electron chi connectivity index (χ1n) is 21.0. The van der Waals surface area contributed by atoms with Crippen LogP contribution in [0.1, 0.15) is 61.1 Å². The number of hydrogen-bond acceptors (Lipinski definition) is 1. The van der Waals surface area contributed by atoms with Crippen molar-refractivity contribution < 1.29 is 0 Å². The third-order valence-corrected chi connectivity index (χ3v) is 12.5. The van der Waals surface area contributed by atoms with Gasteiger partial charge in [0.25, 0.3) is 0 Å². The Bertz CT molecular complexity index is 2780. The summed E-state index contributed by atoms with van der Waals surface area (Å²) in [5.74, 6) is 0.493. The van der Waals surface area contributed by atoms with Crippen molar-refractivity contribution in [2.24, 2.45) is 5.92 Å². The standard InChI is InChI=1S/C56H48N2/c1-3-14-40(15-4-1)41-27-25-39(26-28-41)36-53-47-22-13-23-51(47)56(44-17-5-2-6-18-44)50-21-8-7-19-48(50)54(53)38-58-46-33-31-42(32-34-46)45-30-29-43-16-11-12-35-57-55-24-10-9-20-49(55)52(43)37-45/h1-6,9-18,20,22-31,33,35-38,47,56-58H,7-8,19,21,32,34H2/b16-11?,35-12?,53-36-,54-38-. The predicted octanol–water partition coefficient (Wildman–Crippen LogP) is 14.5. The molecule has 0 spiro atoms. The Labute approximate surface area is 342 Å². The molecule has 10 rings (SSSR count). The van der Waals surface area contributed by atoms with Crippen molar-refractivity contribution in [1.82, 2.24) is 10.3 Å². The molecule has 5 aromatic carbocycles. The maximum atomic E-state index is 3.90. The fourth-order valence-corrected chi connectivity index (χ4v) is 9.60. The highest BCUT2D eigenvalue weighted by Crippen LogP contribution is 2.53. The third kappa shape index (κ3) is 7.12. The molecule has 0 amide bonds. The highest BCUT2D eigenvalue weighted by atomic mass is 14.9. The molecular formula is C56H48N2. The number of hydrogen-bond donors (Lipinski definition) is 2. The van der Waals surface area contributed by atoms with E-state index in [0.29, 0.717) is 0 Å². The van der Waals surface area contributed by atoms with Gasteiger partial charge in [-0.05, 0) is 129 Å². The van der Waals surface area contributed by atoms with Crippen LogP contribution in [-0.2, 0) is 0 Å². The van der Waals surface area contributed by atoms with Crippen LogP contribution in [0.3, 0.4) is 0 Å². The van der Waals surface area contributed by atoms with Crippen LogP contribution in [0.25, 0.3) is 44.5 Å². The Morgan fingerprint density at radius 2 is 1.36 bits per heavy atom. The Balaban J connectivity index is 1.04. The van der Waals surface area contributed by atoms with Crippen molar-refractivity contribution in [3.63, 3.8) is 0 Å². The normalized spacial score (nSPS) is 20.2. The minimum Gasteiger partial charge on any atom is -0.364 e. The summed E-state index contributed by atoms with van der Waals surface area (Å²) in [6.45, 7) is 0. The first-order valence-corrected chi connectivity index (χ1v) is 21.0. The molecule has 2 N–H and O–H groups in total. The molecule has 0 saturated carbocycles. The molecule has 0 saturated heterocycles. The van der Waals surface area contributed by atoms with E-state index < -0.39 is 0 Å². The lowest BCUT2D eigenvalue weighted by molar-refractivity contribution is 0.644. The number of benzene rings is 5. The zero-order chi connectivity index (χ0) is 38.7. The third-order valence-electron chi connectivity index (χ3n) is 12.5. The molecule has 0 bridgehead atoms. The van der Waals surface area contributed by atoms with Crippen LogP contribution >= 0.6 is 0 Å². The molecule has 2 atom stereocenters. The van der Waals surface area contributed by atoms with Crippen molar-refractivity contribution in [3.05, 3.63) is 239 Å². The number of aromatic amines is 1. The molecule has 0 fully saturated rings. The van der Waals surface area contributed by atoms with E-state index in [1.54, 1.807) is 5.57 Å². The quantitative estimate of drug-likeness (QED) is 0.174. The lowest BCUT2D eigenvalue weighted by atomic mass is 9.76. The van der Waals surface area contributed by atoms with Gasteiger partial charge >= 0.3 is 0 Å². The summed E-state index contributed by atoms with van der Waals surface area (Å²) in [5.41, 5.74) is 17.5. The van der Waals surface area contributed by atoms with Gasteiger partial charge in [-0.15, -0.1) is 0 Å². The maximum absolute atomic E-state index is 3.90. The summed E-state index contributed by atoms with van der Waals surface area (Å²) in [6, 6.07) is 52.9. The van der Waals surface area contributed by atoms with E-state index in [9.17, 15) is 0 Å². The minimum absolute atomic E-state index is 0.206. The number of para-hydroxylation sites is 1. The number of rotatable bonds is 6. The number of allylic oxidation sites excluding steroid dienone is 12. The Kier molecular flexibility index (Phi) is 9.91. The van der Waals surface area contributed by atoms with Crippen LogP contribution in [0.2, 0.25) is 0 Å². The molecule has 0 radical (unpaired) electrons.